The van der Waals surface area contributed by atoms with Crippen LogP contribution < -0.4 is 0 Å². The van der Waals surface area contributed by atoms with E-state index < -0.39 is 0 Å². The Morgan fingerprint density at radius 3 is 2.69 bits per heavy atom. The Hall–Kier alpha value is -1.02. The van der Waals surface area contributed by atoms with Crippen LogP contribution in [0.5, 0.6) is 0 Å². The molecule has 0 amide bonds. The van der Waals surface area contributed by atoms with Crippen LogP contribution in [0.15, 0.2) is 12.1 Å². The molecule has 1 heterocycles. The van der Waals surface area contributed by atoms with Crippen LogP contribution in [0.1, 0.15) is 11.3 Å². The van der Waals surface area contributed by atoms with E-state index in [9.17, 15) is 0 Å². The molecule has 0 unspecified atom stereocenters. The third-order valence-corrected chi connectivity index (χ3v) is 2.72. The Morgan fingerprint density at radius 1 is 1.31 bits per heavy atom. The quantitative estimate of drug-likeness (QED) is 0.631. The minimum atomic E-state index is 0.801. The first-order chi connectivity index (χ1) is 6.09. The number of rotatable bonds is 0. The third kappa shape index (κ3) is 1.22. The minimum absolute atomic E-state index is 0.801. The first-order valence-corrected chi connectivity index (χ1v) is 4.57. The van der Waals surface area contributed by atoms with Gasteiger partial charge >= 0.3 is 0 Å². The average molecular weight is 195 g/mol. The second-order valence-corrected chi connectivity index (χ2v) is 3.73. The van der Waals surface area contributed by atoms with Gasteiger partial charge in [-0.3, -0.25) is 4.68 Å². The van der Waals surface area contributed by atoms with Crippen molar-refractivity contribution in [1.29, 1.82) is 0 Å². The van der Waals surface area contributed by atoms with Gasteiger partial charge in [-0.25, -0.2) is 0 Å². The van der Waals surface area contributed by atoms with Gasteiger partial charge in [0.1, 0.15) is 0 Å². The van der Waals surface area contributed by atoms with Gasteiger partial charge in [0.25, 0.3) is 0 Å². The Labute approximate surface area is 82.1 Å². The lowest BCUT2D eigenvalue weighted by atomic mass is 10.1. The molecule has 0 saturated carbocycles. The number of aromatic nitrogens is 2. The van der Waals surface area contributed by atoms with Crippen LogP contribution in [0.3, 0.4) is 0 Å². The second kappa shape index (κ2) is 2.74. The Kier molecular flexibility index (Phi) is 1.81. The molecule has 1 aromatic carbocycles. The lowest BCUT2D eigenvalue weighted by molar-refractivity contribution is 0.783. The van der Waals surface area contributed by atoms with Gasteiger partial charge in [0.05, 0.1) is 11.2 Å². The van der Waals surface area contributed by atoms with Crippen molar-refractivity contribution in [2.24, 2.45) is 7.05 Å². The number of fused-ring (bicyclic) bond motifs is 1. The summed E-state index contributed by atoms with van der Waals surface area (Å²) in [4.78, 5) is 0. The molecule has 0 spiro atoms. The molecule has 0 N–H and O–H groups in total. The summed E-state index contributed by atoms with van der Waals surface area (Å²) < 4.78 is 1.86. The number of aryl methyl sites for hydroxylation is 3. The Balaban J connectivity index is 2.91. The molecular weight excluding hydrogens is 184 g/mol. The van der Waals surface area contributed by atoms with Crippen LogP contribution in [0.4, 0.5) is 0 Å². The molecule has 3 heteroatoms. The average Bonchev–Trinajstić information content (AvgIpc) is 2.31. The largest absolute Gasteiger partial charge is 0.268 e. The van der Waals surface area contributed by atoms with E-state index in [-0.39, 0.29) is 0 Å². The highest BCUT2D eigenvalue weighted by molar-refractivity contribution is 6.32. The van der Waals surface area contributed by atoms with Crippen molar-refractivity contribution in [3.05, 3.63) is 28.4 Å². The van der Waals surface area contributed by atoms with Crippen molar-refractivity contribution in [1.82, 2.24) is 9.78 Å². The van der Waals surface area contributed by atoms with E-state index >= 15 is 0 Å². The molecule has 2 rings (SSSR count). The maximum absolute atomic E-state index is 6.03. The monoisotopic (exact) mass is 194 g/mol. The van der Waals surface area contributed by atoms with E-state index in [1.807, 2.05) is 31.6 Å². The van der Waals surface area contributed by atoms with Crippen molar-refractivity contribution in [3.63, 3.8) is 0 Å². The molecule has 0 aliphatic rings. The molecule has 0 radical (unpaired) electrons. The highest BCUT2D eigenvalue weighted by atomic mass is 35.5. The highest BCUT2D eigenvalue weighted by Crippen LogP contribution is 2.24. The summed E-state index contributed by atoms with van der Waals surface area (Å²) in [5.41, 5.74) is 3.25. The fraction of sp³-hybridized carbons (Fsp3) is 0.300. The van der Waals surface area contributed by atoms with Gasteiger partial charge in [0.15, 0.2) is 0 Å². The van der Waals surface area contributed by atoms with E-state index in [4.69, 9.17) is 11.6 Å². The first-order valence-electron chi connectivity index (χ1n) is 4.19. The van der Waals surface area contributed by atoms with Gasteiger partial charge in [-0.1, -0.05) is 11.6 Å². The lowest BCUT2D eigenvalue weighted by Gasteiger charge is -1.98. The number of halogens is 1. The summed E-state index contributed by atoms with van der Waals surface area (Å²) >= 11 is 6.03. The maximum atomic E-state index is 6.03. The molecule has 0 atom stereocenters. The van der Waals surface area contributed by atoms with Crippen molar-refractivity contribution in [2.75, 3.05) is 0 Å². The zero-order valence-electron chi connectivity index (χ0n) is 7.93. The summed E-state index contributed by atoms with van der Waals surface area (Å²) in [7, 11) is 1.93. The highest BCUT2D eigenvalue weighted by Gasteiger charge is 2.06. The number of nitrogens with zero attached hydrogens (tertiary/aromatic N) is 2. The second-order valence-electron chi connectivity index (χ2n) is 3.33. The molecule has 0 aliphatic heterocycles. The van der Waals surface area contributed by atoms with E-state index in [1.165, 1.54) is 5.39 Å². The zero-order valence-corrected chi connectivity index (χ0v) is 8.68. The predicted octanol–water partition coefficient (Wildman–Crippen LogP) is 2.84. The van der Waals surface area contributed by atoms with Gasteiger partial charge in [-0.15, -0.1) is 0 Å². The number of hydrogen-bond donors (Lipinski definition) is 0. The SMILES string of the molecule is Cc1cc2c(C)nn(C)c2cc1Cl. The molecular formula is C10H11ClN2. The topological polar surface area (TPSA) is 17.8 Å². The van der Waals surface area contributed by atoms with Crippen molar-refractivity contribution in [3.8, 4) is 0 Å². The molecule has 68 valence electrons. The first kappa shape index (κ1) is 8.57. The van der Waals surface area contributed by atoms with Crippen LogP contribution in [-0.4, -0.2) is 9.78 Å². The summed E-state index contributed by atoms with van der Waals surface area (Å²) in [6.45, 7) is 4.02. The molecule has 2 nitrogen and oxygen atoms in total. The van der Waals surface area contributed by atoms with Crippen LogP contribution in [0, 0.1) is 13.8 Å². The third-order valence-electron chi connectivity index (χ3n) is 2.32. The van der Waals surface area contributed by atoms with Crippen LogP contribution in [-0.2, 0) is 7.05 Å². The van der Waals surface area contributed by atoms with Crippen molar-refractivity contribution >= 4 is 22.5 Å². The molecule has 0 aliphatic carbocycles. The molecule has 1 aromatic heterocycles. The molecule has 0 fully saturated rings. The standard InChI is InChI=1S/C10H11ClN2/c1-6-4-8-7(2)12-13(3)10(8)5-9(6)11/h4-5H,1-3H3. The summed E-state index contributed by atoms with van der Waals surface area (Å²) in [5, 5.41) is 6.32. The summed E-state index contributed by atoms with van der Waals surface area (Å²) in [6, 6.07) is 4.05. The Bertz CT molecular complexity index is 429. The molecule has 2 aromatic rings. The molecule has 13 heavy (non-hydrogen) atoms. The zero-order chi connectivity index (χ0) is 9.59. The van der Waals surface area contributed by atoms with Gasteiger partial charge in [-0.2, -0.15) is 5.10 Å². The lowest BCUT2D eigenvalue weighted by Crippen LogP contribution is -1.89. The summed E-state index contributed by atoms with van der Waals surface area (Å²) in [6.07, 6.45) is 0. The van der Waals surface area contributed by atoms with Crippen LogP contribution in [0.25, 0.3) is 10.9 Å². The number of hydrogen-bond acceptors (Lipinski definition) is 1. The normalized spacial score (nSPS) is 11.1. The smallest absolute Gasteiger partial charge is 0.0696 e. The van der Waals surface area contributed by atoms with Gasteiger partial charge < -0.3 is 0 Å². The van der Waals surface area contributed by atoms with Crippen LogP contribution >= 0.6 is 11.6 Å². The fourth-order valence-electron chi connectivity index (χ4n) is 1.56. The van der Waals surface area contributed by atoms with Gasteiger partial charge in [0.2, 0.25) is 0 Å². The van der Waals surface area contributed by atoms with E-state index in [1.54, 1.807) is 0 Å². The molecule has 0 bridgehead atoms. The van der Waals surface area contributed by atoms with Gasteiger partial charge in [-0.05, 0) is 31.5 Å². The predicted molar refractivity (Wildman–Crippen MR) is 55.2 cm³/mol. The van der Waals surface area contributed by atoms with Gasteiger partial charge in [0, 0.05) is 17.5 Å². The minimum Gasteiger partial charge on any atom is -0.268 e. The van der Waals surface area contributed by atoms with Crippen molar-refractivity contribution in [2.45, 2.75) is 13.8 Å². The fourth-order valence-corrected chi connectivity index (χ4v) is 1.72. The number of benzene rings is 1. The van der Waals surface area contributed by atoms with Crippen LogP contribution in [0.2, 0.25) is 5.02 Å². The Morgan fingerprint density at radius 2 is 2.00 bits per heavy atom. The molecule has 0 saturated heterocycles. The van der Waals surface area contributed by atoms with Crippen molar-refractivity contribution < 1.29 is 0 Å². The van der Waals surface area contributed by atoms with E-state index in [0.29, 0.717) is 0 Å². The van der Waals surface area contributed by atoms with E-state index in [2.05, 4.69) is 11.2 Å². The summed E-state index contributed by atoms with van der Waals surface area (Å²) in [5.74, 6) is 0. The van der Waals surface area contributed by atoms with E-state index in [0.717, 1.165) is 21.8 Å². The maximum Gasteiger partial charge on any atom is 0.0696 e.